The van der Waals surface area contributed by atoms with Crippen molar-refractivity contribution in [1.29, 1.82) is 0 Å². The third kappa shape index (κ3) is 3.40. The molecule has 0 radical (unpaired) electrons. The molecule has 0 saturated heterocycles. The molecule has 1 heterocycles. The van der Waals surface area contributed by atoms with Crippen LogP contribution in [0.5, 0.6) is 0 Å². The fraction of sp³-hybridized carbons (Fsp3) is 0.190. The lowest BCUT2D eigenvalue weighted by Crippen LogP contribution is -2.13. The molecule has 0 aliphatic rings. The molecule has 0 unspecified atom stereocenters. The summed E-state index contributed by atoms with van der Waals surface area (Å²) < 4.78 is 3.22. The van der Waals surface area contributed by atoms with Gasteiger partial charge < -0.3 is 10.3 Å². The Morgan fingerprint density at radius 2 is 1.72 bits per heavy atom. The zero-order valence-corrected chi connectivity index (χ0v) is 16.0. The van der Waals surface area contributed by atoms with Crippen molar-refractivity contribution < 1.29 is 4.79 Å². The molecular formula is C21H21BrN2O. The molecule has 0 aliphatic carbocycles. The smallest absolute Gasteiger partial charge is 0.251 e. The van der Waals surface area contributed by atoms with Crippen LogP contribution in [-0.2, 0) is 13.0 Å². The number of aromatic nitrogens is 1. The second-order valence-corrected chi connectivity index (χ2v) is 6.99. The Bertz CT molecular complexity index is 896. The Balaban J connectivity index is 2.21. The largest absolute Gasteiger partial charge is 0.366 e. The molecule has 1 aromatic heterocycles. The lowest BCUT2D eigenvalue weighted by molar-refractivity contribution is 0.1000. The first-order valence-corrected chi connectivity index (χ1v) is 9.13. The van der Waals surface area contributed by atoms with Gasteiger partial charge in [-0.1, -0.05) is 65.3 Å². The van der Waals surface area contributed by atoms with E-state index in [1.54, 1.807) is 0 Å². The zero-order chi connectivity index (χ0) is 18.0. The topological polar surface area (TPSA) is 48.0 Å². The molecule has 4 heteroatoms. The quantitative estimate of drug-likeness (QED) is 0.652. The Hall–Kier alpha value is -2.33. The summed E-state index contributed by atoms with van der Waals surface area (Å²) in [5, 5.41) is 0. The second kappa shape index (κ2) is 7.28. The number of nitrogens with two attached hydrogens (primary N) is 1. The van der Waals surface area contributed by atoms with Gasteiger partial charge >= 0.3 is 0 Å². The van der Waals surface area contributed by atoms with E-state index >= 15 is 0 Å². The first kappa shape index (κ1) is 17.5. The third-order valence-electron chi connectivity index (χ3n) is 4.53. The number of carbonyl (C=O) groups excluding carboxylic acids is 1. The molecule has 0 saturated carbocycles. The van der Waals surface area contributed by atoms with Crippen LogP contribution in [0.15, 0.2) is 59.1 Å². The molecule has 0 spiro atoms. The van der Waals surface area contributed by atoms with Crippen molar-refractivity contribution in [1.82, 2.24) is 4.57 Å². The highest BCUT2D eigenvalue weighted by Crippen LogP contribution is 2.34. The van der Waals surface area contributed by atoms with Gasteiger partial charge in [-0.15, -0.1) is 0 Å². The van der Waals surface area contributed by atoms with Gasteiger partial charge in [0.2, 0.25) is 0 Å². The lowest BCUT2D eigenvalue weighted by Gasteiger charge is -2.12. The Kier molecular flexibility index (Phi) is 5.09. The minimum absolute atomic E-state index is 0.378. The molecule has 0 atom stereocenters. The number of carbonyl (C=O) groups is 1. The standard InChI is InChI=1S/C21H21BrN2O/c1-3-18-20(16-9-11-17(22)12-10-16)19(21(23)25)14(2)24(18)13-15-7-5-4-6-8-15/h4-12H,3,13H2,1-2H3,(H2,23,25). The predicted octanol–water partition coefficient (Wildman–Crippen LogP) is 4.94. The molecule has 0 bridgehead atoms. The van der Waals surface area contributed by atoms with Gasteiger partial charge in [0.15, 0.2) is 0 Å². The molecular weight excluding hydrogens is 376 g/mol. The number of amides is 1. The summed E-state index contributed by atoms with van der Waals surface area (Å²) in [6.45, 7) is 4.82. The van der Waals surface area contributed by atoms with E-state index in [9.17, 15) is 4.79 Å². The molecule has 128 valence electrons. The fourth-order valence-corrected chi connectivity index (χ4v) is 3.64. The highest BCUT2D eigenvalue weighted by atomic mass is 79.9. The van der Waals surface area contributed by atoms with Crippen molar-refractivity contribution in [3.63, 3.8) is 0 Å². The first-order chi connectivity index (χ1) is 12.0. The van der Waals surface area contributed by atoms with Gasteiger partial charge in [0.05, 0.1) is 5.56 Å². The summed E-state index contributed by atoms with van der Waals surface area (Å²) in [4.78, 5) is 12.2. The number of rotatable bonds is 5. The molecule has 1 amide bonds. The number of hydrogen-bond donors (Lipinski definition) is 1. The number of primary amides is 1. The molecule has 3 aromatic rings. The van der Waals surface area contributed by atoms with Crippen molar-refractivity contribution in [2.45, 2.75) is 26.8 Å². The van der Waals surface area contributed by atoms with Gasteiger partial charge in [-0.25, -0.2) is 0 Å². The van der Waals surface area contributed by atoms with E-state index in [1.807, 2.05) is 49.4 Å². The normalized spacial score (nSPS) is 10.8. The summed E-state index contributed by atoms with van der Waals surface area (Å²) in [5.41, 5.74) is 11.6. The second-order valence-electron chi connectivity index (χ2n) is 6.08. The van der Waals surface area contributed by atoms with E-state index in [-0.39, 0.29) is 5.91 Å². The number of benzene rings is 2. The van der Waals surface area contributed by atoms with Gasteiger partial charge in [-0.05, 0) is 36.6 Å². The molecule has 3 nitrogen and oxygen atoms in total. The van der Waals surface area contributed by atoms with Crippen LogP contribution in [0.1, 0.15) is 34.2 Å². The maximum Gasteiger partial charge on any atom is 0.251 e. The molecule has 0 aliphatic heterocycles. The summed E-state index contributed by atoms with van der Waals surface area (Å²) in [5.74, 6) is -0.378. The van der Waals surface area contributed by atoms with Gasteiger partial charge in [0, 0.05) is 28.0 Å². The van der Waals surface area contributed by atoms with Crippen LogP contribution >= 0.6 is 15.9 Å². The average molecular weight is 397 g/mol. The number of nitrogens with zero attached hydrogens (tertiary/aromatic N) is 1. The fourth-order valence-electron chi connectivity index (χ4n) is 3.37. The minimum atomic E-state index is -0.378. The van der Waals surface area contributed by atoms with E-state index in [0.717, 1.165) is 40.0 Å². The Labute approximate surface area is 156 Å². The molecule has 2 N–H and O–H groups in total. The van der Waals surface area contributed by atoms with Gasteiger partial charge in [-0.3, -0.25) is 4.79 Å². The Morgan fingerprint density at radius 1 is 1.08 bits per heavy atom. The molecule has 3 rings (SSSR count). The summed E-state index contributed by atoms with van der Waals surface area (Å²) in [6, 6.07) is 18.3. The van der Waals surface area contributed by atoms with Crippen molar-refractivity contribution in [3.05, 3.63) is 81.6 Å². The van der Waals surface area contributed by atoms with E-state index in [1.165, 1.54) is 5.56 Å². The summed E-state index contributed by atoms with van der Waals surface area (Å²) in [7, 11) is 0. The predicted molar refractivity (Wildman–Crippen MR) is 106 cm³/mol. The number of hydrogen-bond acceptors (Lipinski definition) is 1. The summed E-state index contributed by atoms with van der Waals surface area (Å²) in [6.07, 6.45) is 0.826. The van der Waals surface area contributed by atoms with Gasteiger partial charge in [-0.2, -0.15) is 0 Å². The van der Waals surface area contributed by atoms with E-state index in [4.69, 9.17) is 5.73 Å². The van der Waals surface area contributed by atoms with Crippen molar-refractivity contribution >= 4 is 21.8 Å². The molecule has 0 fully saturated rings. The molecule has 25 heavy (non-hydrogen) atoms. The lowest BCUT2D eigenvalue weighted by atomic mass is 9.99. The van der Waals surface area contributed by atoms with Crippen LogP contribution in [0.2, 0.25) is 0 Å². The summed E-state index contributed by atoms with van der Waals surface area (Å²) >= 11 is 3.47. The SMILES string of the molecule is CCc1c(-c2ccc(Br)cc2)c(C(N)=O)c(C)n1Cc1ccccc1. The van der Waals surface area contributed by atoms with Crippen LogP contribution in [0.25, 0.3) is 11.1 Å². The van der Waals surface area contributed by atoms with Crippen LogP contribution in [-0.4, -0.2) is 10.5 Å². The highest BCUT2D eigenvalue weighted by molar-refractivity contribution is 9.10. The van der Waals surface area contributed by atoms with Crippen LogP contribution in [0.4, 0.5) is 0 Å². The van der Waals surface area contributed by atoms with Gasteiger partial charge in [0.25, 0.3) is 5.91 Å². The maximum atomic E-state index is 12.2. The monoisotopic (exact) mass is 396 g/mol. The maximum absolute atomic E-state index is 12.2. The van der Waals surface area contributed by atoms with Crippen LogP contribution in [0.3, 0.4) is 0 Å². The van der Waals surface area contributed by atoms with E-state index < -0.39 is 0 Å². The minimum Gasteiger partial charge on any atom is -0.366 e. The van der Waals surface area contributed by atoms with Crippen LogP contribution in [0, 0.1) is 6.92 Å². The third-order valence-corrected chi connectivity index (χ3v) is 5.06. The average Bonchev–Trinajstić information content (AvgIpc) is 2.88. The number of halogens is 1. The van der Waals surface area contributed by atoms with Crippen molar-refractivity contribution in [3.8, 4) is 11.1 Å². The first-order valence-electron chi connectivity index (χ1n) is 8.34. The van der Waals surface area contributed by atoms with Crippen molar-refractivity contribution in [2.75, 3.05) is 0 Å². The van der Waals surface area contributed by atoms with E-state index in [0.29, 0.717) is 5.56 Å². The zero-order valence-electron chi connectivity index (χ0n) is 14.4. The highest BCUT2D eigenvalue weighted by Gasteiger charge is 2.23. The van der Waals surface area contributed by atoms with Crippen molar-refractivity contribution in [2.24, 2.45) is 5.73 Å². The Morgan fingerprint density at radius 3 is 2.28 bits per heavy atom. The van der Waals surface area contributed by atoms with Gasteiger partial charge in [0.1, 0.15) is 0 Å². The molecule has 2 aromatic carbocycles. The van der Waals surface area contributed by atoms with E-state index in [2.05, 4.69) is 39.6 Å². The van der Waals surface area contributed by atoms with Crippen LogP contribution < -0.4 is 5.73 Å².